The van der Waals surface area contributed by atoms with E-state index in [1.165, 1.54) is 36.6 Å². The minimum absolute atomic E-state index is 0. The van der Waals surface area contributed by atoms with Gasteiger partial charge in [-0.2, -0.15) is 0 Å². The van der Waals surface area contributed by atoms with Gasteiger partial charge < -0.3 is 10.4 Å². The molecule has 1 saturated carbocycles. The van der Waals surface area contributed by atoms with Crippen LogP contribution < -0.4 is 5.32 Å². The summed E-state index contributed by atoms with van der Waals surface area (Å²) in [5.74, 6) is 1.14. The Kier molecular flexibility index (Phi) is 7.38. The Hall–Kier alpha value is -1.00. The molecule has 2 N–H and O–H groups in total. The van der Waals surface area contributed by atoms with Crippen LogP contribution in [0.5, 0.6) is 5.75 Å². The first kappa shape index (κ1) is 20.3. The third-order valence-electron chi connectivity index (χ3n) is 5.58. The van der Waals surface area contributed by atoms with Crippen molar-refractivity contribution < 1.29 is 5.11 Å². The van der Waals surface area contributed by atoms with Gasteiger partial charge in [0.05, 0.1) is 0 Å². The largest absolute Gasteiger partial charge is 0.508 e. The maximum absolute atomic E-state index is 9.67. The van der Waals surface area contributed by atoms with Crippen LogP contribution in [0.25, 0.3) is 10.8 Å². The highest BCUT2D eigenvalue weighted by atomic mass is 35.5. The fourth-order valence-corrected chi connectivity index (χ4v) is 4.45. The maximum Gasteiger partial charge on any atom is 0.116 e. The number of nitrogens with zero attached hydrogens (tertiary/aromatic N) is 1. The molecule has 2 fully saturated rings. The zero-order chi connectivity index (χ0) is 15.6. The zero-order valence-corrected chi connectivity index (χ0v) is 16.1. The van der Waals surface area contributed by atoms with E-state index in [4.69, 9.17) is 0 Å². The Labute approximate surface area is 162 Å². The SMILES string of the molecule is Cl.Cl.Oc1ccc2cc([C@@H](C3CCCC3)N3CCNCC3)ccc2c1. The van der Waals surface area contributed by atoms with Gasteiger partial charge in [-0.1, -0.05) is 31.0 Å². The Morgan fingerprint density at radius 2 is 1.56 bits per heavy atom. The predicted molar refractivity (Wildman–Crippen MR) is 109 cm³/mol. The van der Waals surface area contributed by atoms with Crippen LogP contribution in [-0.2, 0) is 0 Å². The molecule has 0 unspecified atom stereocenters. The first-order valence-electron chi connectivity index (χ1n) is 8.99. The first-order chi connectivity index (χ1) is 11.3. The van der Waals surface area contributed by atoms with E-state index in [2.05, 4.69) is 28.4 Å². The van der Waals surface area contributed by atoms with Crippen LogP contribution in [0.4, 0.5) is 0 Å². The molecule has 0 radical (unpaired) electrons. The highest BCUT2D eigenvalue weighted by Crippen LogP contribution is 2.40. The second-order valence-corrected chi connectivity index (χ2v) is 7.07. The maximum atomic E-state index is 9.67. The molecule has 0 aromatic heterocycles. The van der Waals surface area contributed by atoms with Gasteiger partial charge in [-0.15, -0.1) is 24.8 Å². The van der Waals surface area contributed by atoms with Crippen molar-refractivity contribution in [2.75, 3.05) is 26.2 Å². The summed E-state index contributed by atoms with van der Waals surface area (Å²) in [4.78, 5) is 2.69. The van der Waals surface area contributed by atoms with Crippen molar-refractivity contribution >= 4 is 35.6 Å². The van der Waals surface area contributed by atoms with Crippen molar-refractivity contribution in [1.82, 2.24) is 10.2 Å². The highest BCUT2D eigenvalue weighted by Gasteiger charge is 2.31. The number of phenolic OH excluding ortho intramolecular Hbond substituents is 1. The lowest BCUT2D eigenvalue weighted by molar-refractivity contribution is 0.125. The van der Waals surface area contributed by atoms with Crippen LogP contribution in [-0.4, -0.2) is 36.2 Å². The third-order valence-corrected chi connectivity index (χ3v) is 5.58. The molecule has 5 heteroatoms. The van der Waals surface area contributed by atoms with Crippen LogP contribution in [0.15, 0.2) is 36.4 Å². The van der Waals surface area contributed by atoms with E-state index in [1.54, 1.807) is 6.07 Å². The molecule has 2 aromatic rings. The third kappa shape index (κ3) is 4.40. The topological polar surface area (TPSA) is 35.5 Å². The average molecular weight is 383 g/mol. The summed E-state index contributed by atoms with van der Waals surface area (Å²) in [6.45, 7) is 4.50. The molecule has 3 nitrogen and oxygen atoms in total. The number of fused-ring (bicyclic) bond motifs is 1. The van der Waals surface area contributed by atoms with Gasteiger partial charge in [0.25, 0.3) is 0 Å². The van der Waals surface area contributed by atoms with Crippen LogP contribution in [0.1, 0.15) is 37.3 Å². The van der Waals surface area contributed by atoms with E-state index in [0.29, 0.717) is 11.8 Å². The van der Waals surface area contributed by atoms with Gasteiger partial charge >= 0.3 is 0 Å². The molecular formula is C20H28Cl2N2O. The second-order valence-electron chi connectivity index (χ2n) is 7.07. The van der Waals surface area contributed by atoms with Crippen LogP contribution in [0.3, 0.4) is 0 Å². The van der Waals surface area contributed by atoms with Crippen molar-refractivity contribution in [3.8, 4) is 5.75 Å². The van der Waals surface area contributed by atoms with Gasteiger partial charge in [0.15, 0.2) is 0 Å². The number of phenols is 1. The molecule has 1 atom stereocenters. The van der Waals surface area contributed by atoms with Crippen LogP contribution in [0, 0.1) is 5.92 Å². The molecule has 0 amide bonds. The summed E-state index contributed by atoms with van der Waals surface area (Å²) in [6, 6.07) is 13.0. The van der Waals surface area contributed by atoms with Crippen LogP contribution in [0.2, 0.25) is 0 Å². The van der Waals surface area contributed by atoms with E-state index < -0.39 is 0 Å². The summed E-state index contributed by atoms with van der Waals surface area (Å²) < 4.78 is 0. The number of hydrogen-bond donors (Lipinski definition) is 2. The average Bonchev–Trinajstić information content (AvgIpc) is 3.10. The standard InChI is InChI=1S/C20H26N2O.2ClH/c23-19-8-7-16-13-18(6-5-17(16)14-19)20(15-3-1-2-4-15)22-11-9-21-10-12-22;;/h5-8,13-15,20-21,23H,1-4,9-12H2;2*1H/t20-;;/m1../s1. The van der Waals surface area contributed by atoms with Gasteiger partial charge in [-0.25, -0.2) is 0 Å². The van der Waals surface area contributed by atoms with Crippen molar-refractivity contribution in [3.05, 3.63) is 42.0 Å². The second kappa shape index (κ2) is 9.09. The summed E-state index contributed by atoms with van der Waals surface area (Å²) in [5.41, 5.74) is 1.46. The number of nitrogens with one attached hydrogen (secondary N) is 1. The van der Waals surface area contributed by atoms with E-state index >= 15 is 0 Å². The molecule has 1 aliphatic heterocycles. The fraction of sp³-hybridized carbons (Fsp3) is 0.500. The van der Waals surface area contributed by atoms with Crippen LogP contribution >= 0.6 is 24.8 Å². The lowest BCUT2D eigenvalue weighted by Crippen LogP contribution is -2.46. The highest BCUT2D eigenvalue weighted by molar-refractivity contribution is 5.86. The number of halogens is 2. The van der Waals surface area contributed by atoms with Crippen molar-refractivity contribution in [2.45, 2.75) is 31.7 Å². The van der Waals surface area contributed by atoms with Gasteiger partial charge in [-0.3, -0.25) is 4.90 Å². The number of aromatic hydroxyl groups is 1. The van der Waals surface area contributed by atoms with Crippen molar-refractivity contribution in [2.24, 2.45) is 5.92 Å². The number of hydrogen-bond acceptors (Lipinski definition) is 3. The van der Waals surface area contributed by atoms with E-state index in [1.807, 2.05) is 12.1 Å². The van der Waals surface area contributed by atoms with Gasteiger partial charge in [0, 0.05) is 32.2 Å². The summed E-state index contributed by atoms with van der Waals surface area (Å²) >= 11 is 0. The Morgan fingerprint density at radius 1 is 0.920 bits per heavy atom. The van der Waals surface area contributed by atoms with E-state index in [9.17, 15) is 5.11 Å². The Morgan fingerprint density at radius 3 is 2.28 bits per heavy atom. The van der Waals surface area contributed by atoms with Gasteiger partial charge in [-0.05, 0) is 53.3 Å². The van der Waals surface area contributed by atoms with Crippen molar-refractivity contribution in [3.63, 3.8) is 0 Å². The molecule has 2 aliphatic rings. The van der Waals surface area contributed by atoms with E-state index in [-0.39, 0.29) is 24.8 Å². The molecule has 4 rings (SSSR count). The molecule has 1 heterocycles. The minimum atomic E-state index is 0. The van der Waals surface area contributed by atoms with Gasteiger partial charge in [0.2, 0.25) is 0 Å². The molecule has 0 bridgehead atoms. The molecule has 0 spiro atoms. The number of piperazine rings is 1. The molecule has 2 aromatic carbocycles. The quantitative estimate of drug-likeness (QED) is 0.818. The predicted octanol–water partition coefficient (Wildman–Crippen LogP) is 4.53. The zero-order valence-electron chi connectivity index (χ0n) is 14.5. The monoisotopic (exact) mass is 382 g/mol. The lowest BCUT2D eigenvalue weighted by Gasteiger charge is -2.38. The van der Waals surface area contributed by atoms with Gasteiger partial charge in [0.1, 0.15) is 5.75 Å². The first-order valence-corrected chi connectivity index (χ1v) is 8.99. The Bertz CT molecular complexity index is 682. The summed E-state index contributed by atoms with van der Waals surface area (Å²) in [6.07, 6.45) is 5.49. The molecule has 1 saturated heterocycles. The summed E-state index contributed by atoms with van der Waals surface area (Å²) in [7, 11) is 0. The Balaban J connectivity index is 0.00000113. The lowest BCUT2D eigenvalue weighted by atomic mass is 9.88. The molecule has 1 aliphatic carbocycles. The minimum Gasteiger partial charge on any atom is -0.508 e. The van der Waals surface area contributed by atoms with Crippen molar-refractivity contribution in [1.29, 1.82) is 0 Å². The molecule has 138 valence electrons. The molecular weight excluding hydrogens is 355 g/mol. The summed E-state index contributed by atoms with van der Waals surface area (Å²) in [5, 5.41) is 15.5. The number of benzene rings is 2. The fourth-order valence-electron chi connectivity index (χ4n) is 4.45. The number of rotatable bonds is 3. The smallest absolute Gasteiger partial charge is 0.116 e. The molecule has 25 heavy (non-hydrogen) atoms. The normalized spacial score (nSPS) is 20.0. The van der Waals surface area contributed by atoms with E-state index in [0.717, 1.165) is 37.5 Å².